The molecule has 1 heterocycles. The number of hydrogen-bond donors (Lipinski definition) is 2. The van der Waals surface area contributed by atoms with E-state index in [2.05, 4.69) is 10.6 Å². The van der Waals surface area contributed by atoms with E-state index in [1.807, 2.05) is 56.3 Å². The standard InChI is InChI=1S/C18H20N2O3/c1-12-3-6-15(7-4-12)20-18(21)19-13(2)14-5-8-16-17(11-14)23-10-9-22-16/h3-8,11,13H,9-10H2,1-2H3,(H2,19,20,21)/t13-/m0/s1. The molecule has 0 fully saturated rings. The molecule has 2 aromatic carbocycles. The van der Waals surface area contributed by atoms with E-state index in [1.165, 1.54) is 0 Å². The van der Waals surface area contributed by atoms with Crippen LogP contribution in [0.3, 0.4) is 0 Å². The first-order valence-corrected chi connectivity index (χ1v) is 7.65. The average Bonchev–Trinajstić information content (AvgIpc) is 2.56. The monoisotopic (exact) mass is 312 g/mol. The SMILES string of the molecule is Cc1ccc(NC(=O)N[C@@H](C)c2ccc3c(c2)OCCO3)cc1. The molecule has 0 unspecified atom stereocenters. The molecule has 1 aliphatic rings. The number of fused-ring (bicyclic) bond motifs is 1. The molecule has 0 bridgehead atoms. The highest BCUT2D eigenvalue weighted by Crippen LogP contribution is 2.32. The number of amides is 2. The Morgan fingerprint density at radius 3 is 2.48 bits per heavy atom. The zero-order chi connectivity index (χ0) is 16.2. The fraction of sp³-hybridized carbons (Fsp3) is 0.278. The quantitative estimate of drug-likeness (QED) is 0.909. The minimum Gasteiger partial charge on any atom is -0.486 e. The number of urea groups is 1. The van der Waals surface area contributed by atoms with E-state index >= 15 is 0 Å². The van der Waals surface area contributed by atoms with Gasteiger partial charge in [0.15, 0.2) is 11.5 Å². The van der Waals surface area contributed by atoms with Crippen LogP contribution in [0.1, 0.15) is 24.1 Å². The number of anilines is 1. The van der Waals surface area contributed by atoms with E-state index in [1.54, 1.807) is 0 Å². The van der Waals surface area contributed by atoms with Crippen molar-refractivity contribution in [3.8, 4) is 11.5 Å². The van der Waals surface area contributed by atoms with Crippen molar-refractivity contribution in [3.05, 3.63) is 53.6 Å². The van der Waals surface area contributed by atoms with Gasteiger partial charge in [-0.25, -0.2) is 4.79 Å². The molecule has 0 radical (unpaired) electrons. The number of benzene rings is 2. The maximum atomic E-state index is 12.1. The predicted molar refractivity (Wildman–Crippen MR) is 89.2 cm³/mol. The first-order valence-electron chi connectivity index (χ1n) is 7.65. The Balaban J connectivity index is 1.63. The third-order valence-electron chi connectivity index (χ3n) is 3.72. The Labute approximate surface area is 135 Å². The topological polar surface area (TPSA) is 59.6 Å². The van der Waals surface area contributed by atoms with Gasteiger partial charge >= 0.3 is 6.03 Å². The second-order valence-electron chi connectivity index (χ2n) is 5.59. The normalized spacial score (nSPS) is 14.0. The van der Waals surface area contributed by atoms with Crippen LogP contribution in [0.2, 0.25) is 0 Å². The molecular formula is C18H20N2O3. The van der Waals surface area contributed by atoms with Crippen molar-refractivity contribution in [2.45, 2.75) is 19.9 Å². The maximum Gasteiger partial charge on any atom is 0.319 e. The van der Waals surface area contributed by atoms with Gasteiger partial charge in [0.2, 0.25) is 0 Å². The van der Waals surface area contributed by atoms with Crippen molar-refractivity contribution in [1.82, 2.24) is 5.32 Å². The highest BCUT2D eigenvalue weighted by molar-refractivity contribution is 5.89. The first kappa shape index (κ1) is 15.2. The van der Waals surface area contributed by atoms with Gasteiger partial charge in [-0.05, 0) is 43.7 Å². The molecule has 1 atom stereocenters. The summed E-state index contributed by atoms with van der Waals surface area (Å²) in [6.45, 7) is 5.05. The second-order valence-corrected chi connectivity index (χ2v) is 5.59. The molecule has 0 saturated heterocycles. The summed E-state index contributed by atoms with van der Waals surface area (Å²) in [6, 6.07) is 13.0. The van der Waals surface area contributed by atoms with Gasteiger partial charge in [0.05, 0.1) is 6.04 Å². The molecule has 23 heavy (non-hydrogen) atoms. The average molecular weight is 312 g/mol. The lowest BCUT2D eigenvalue weighted by Crippen LogP contribution is -2.31. The van der Waals surface area contributed by atoms with Crippen molar-refractivity contribution >= 4 is 11.7 Å². The molecule has 0 spiro atoms. The molecule has 2 aromatic rings. The van der Waals surface area contributed by atoms with Gasteiger partial charge < -0.3 is 20.1 Å². The first-order chi connectivity index (χ1) is 11.1. The number of nitrogens with one attached hydrogen (secondary N) is 2. The largest absolute Gasteiger partial charge is 0.486 e. The second kappa shape index (κ2) is 6.60. The minimum atomic E-state index is -0.240. The molecule has 0 aromatic heterocycles. The zero-order valence-electron chi connectivity index (χ0n) is 13.3. The lowest BCUT2D eigenvalue weighted by atomic mass is 10.1. The van der Waals surface area contributed by atoms with Gasteiger partial charge in [0, 0.05) is 5.69 Å². The molecule has 2 N–H and O–H groups in total. The Kier molecular flexibility index (Phi) is 4.37. The summed E-state index contributed by atoms with van der Waals surface area (Å²) in [5.74, 6) is 1.47. The Bertz CT molecular complexity index is 698. The zero-order valence-corrected chi connectivity index (χ0v) is 13.3. The van der Waals surface area contributed by atoms with Gasteiger partial charge in [-0.1, -0.05) is 23.8 Å². The molecule has 0 saturated carbocycles. The fourth-order valence-electron chi connectivity index (χ4n) is 2.41. The van der Waals surface area contributed by atoms with Crippen LogP contribution in [0.15, 0.2) is 42.5 Å². The van der Waals surface area contributed by atoms with Crippen molar-refractivity contribution in [2.75, 3.05) is 18.5 Å². The third kappa shape index (κ3) is 3.74. The van der Waals surface area contributed by atoms with Crippen LogP contribution in [0.25, 0.3) is 0 Å². The number of aryl methyl sites for hydroxylation is 1. The Morgan fingerprint density at radius 2 is 1.74 bits per heavy atom. The van der Waals surface area contributed by atoms with Crippen LogP contribution in [0.5, 0.6) is 11.5 Å². The number of hydrogen-bond acceptors (Lipinski definition) is 3. The highest BCUT2D eigenvalue weighted by Gasteiger charge is 2.15. The summed E-state index contributed by atoms with van der Waals surface area (Å²) >= 11 is 0. The highest BCUT2D eigenvalue weighted by atomic mass is 16.6. The summed E-state index contributed by atoms with van der Waals surface area (Å²) in [7, 11) is 0. The van der Waals surface area contributed by atoms with E-state index < -0.39 is 0 Å². The Hall–Kier alpha value is -2.69. The van der Waals surface area contributed by atoms with Crippen LogP contribution >= 0.6 is 0 Å². The Morgan fingerprint density at radius 1 is 1.04 bits per heavy atom. The van der Waals surface area contributed by atoms with E-state index in [0.29, 0.717) is 13.2 Å². The molecule has 0 aliphatic carbocycles. The van der Waals surface area contributed by atoms with Crippen LogP contribution in [-0.2, 0) is 0 Å². The summed E-state index contributed by atoms with van der Waals surface area (Å²) in [4.78, 5) is 12.1. The number of carbonyl (C=O) groups excluding carboxylic acids is 1. The van der Waals surface area contributed by atoms with Crippen molar-refractivity contribution in [1.29, 1.82) is 0 Å². The summed E-state index contributed by atoms with van der Waals surface area (Å²) < 4.78 is 11.1. The molecule has 1 aliphatic heterocycles. The van der Waals surface area contributed by atoms with Gasteiger partial charge in [-0.3, -0.25) is 0 Å². The van der Waals surface area contributed by atoms with Crippen molar-refractivity contribution < 1.29 is 14.3 Å². The molecule has 120 valence electrons. The lowest BCUT2D eigenvalue weighted by molar-refractivity contribution is 0.171. The van der Waals surface area contributed by atoms with E-state index in [0.717, 1.165) is 28.3 Å². The number of carbonyl (C=O) groups is 1. The third-order valence-corrected chi connectivity index (χ3v) is 3.72. The summed E-state index contributed by atoms with van der Waals surface area (Å²) in [5.41, 5.74) is 2.89. The van der Waals surface area contributed by atoms with Gasteiger partial charge in [-0.2, -0.15) is 0 Å². The van der Waals surface area contributed by atoms with Gasteiger partial charge in [-0.15, -0.1) is 0 Å². The minimum absolute atomic E-state index is 0.142. The van der Waals surface area contributed by atoms with Gasteiger partial charge in [0.25, 0.3) is 0 Å². The smallest absolute Gasteiger partial charge is 0.319 e. The number of ether oxygens (including phenoxy) is 2. The number of rotatable bonds is 3. The van der Waals surface area contributed by atoms with Crippen molar-refractivity contribution in [2.24, 2.45) is 0 Å². The van der Waals surface area contributed by atoms with E-state index in [4.69, 9.17) is 9.47 Å². The van der Waals surface area contributed by atoms with Crippen LogP contribution < -0.4 is 20.1 Å². The van der Waals surface area contributed by atoms with E-state index in [9.17, 15) is 4.79 Å². The van der Waals surface area contributed by atoms with Crippen LogP contribution in [-0.4, -0.2) is 19.2 Å². The lowest BCUT2D eigenvalue weighted by Gasteiger charge is -2.21. The molecule has 2 amide bonds. The van der Waals surface area contributed by atoms with Crippen molar-refractivity contribution in [3.63, 3.8) is 0 Å². The van der Waals surface area contributed by atoms with E-state index in [-0.39, 0.29) is 12.1 Å². The molecular weight excluding hydrogens is 292 g/mol. The summed E-state index contributed by atoms with van der Waals surface area (Å²) in [5, 5.41) is 5.75. The fourth-order valence-corrected chi connectivity index (χ4v) is 2.41. The van der Waals surface area contributed by atoms with Crippen LogP contribution in [0, 0.1) is 6.92 Å². The summed E-state index contributed by atoms with van der Waals surface area (Å²) in [6.07, 6.45) is 0. The molecule has 5 nitrogen and oxygen atoms in total. The maximum absolute atomic E-state index is 12.1. The predicted octanol–water partition coefficient (Wildman–Crippen LogP) is 3.65. The van der Waals surface area contributed by atoms with Crippen LogP contribution in [0.4, 0.5) is 10.5 Å². The molecule has 3 rings (SSSR count). The van der Waals surface area contributed by atoms with Gasteiger partial charge in [0.1, 0.15) is 13.2 Å². The molecule has 5 heteroatoms.